The fourth-order valence-corrected chi connectivity index (χ4v) is 3.98. The van der Waals surface area contributed by atoms with Gasteiger partial charge < -0.3 is 24.1 Å². The fraction of sp³-hybridized carbons (Fsp3) is 0.550. The van der Waals surface area contributed by atoms with Gasteiger partial charge in [0.2, 0.25) is 12.7 Å². The molecule has 162 valence electrons. The van der Waals surface area contributed by atoms with Crippen molar-refractivity contribution in [3.63, 3.8) is 0 Å². The molecular formula is C20H26ClN5O4. The standard InChI is InChI=1S/C20H26ClN5O4/c1-13(22-19(27)4-8-28-2)20-24-23-18-3-5-25(6-7-26(18)20)11-14-9-16-17(10-15(14)21)30-12-29-16/h9-10,13H,3-8,11-12H2,1-2H3,(H,22,27)/t13-/m0/s1. The van der Waals surface area contributed by atoms with Crippen molar-refractivity contribution in [1.82, 2.24) is 25.0 Å². The molecule has 0 aliphatic carbocycles. The number of aromatic nitrogens is 3. The van der Waals surface area contributed by atoms with Crippen LogP contribution in [-0.4, -0.2) is 59.2 Å². The van der Waals surface area contributed by atoms with Crippen molar-refractivity contribution in [3.05, 3.63) is 34.4 Å². The van der Waals surface area contributed by atoms with E-state index in [0.29, 0.717) is 30.3 Å². The van der Waals surface area contributed by atoms with Gasteiger partial charge in [-0.3, -0.25) is 9.69 Å². The molecule has 9 nitrogen and oxygen atoms in total. The van der Waals surface area contributed by atoms with E-state index < -0.39 is 0 Å². The van der Waals surface area contributed by atoms with Crippen molar-refractivity contribution in [2.45, 2.75) is 38.9 Å². The Bertz CT molecular complexity index is 919. The number of hydrogen-bond acceptors (Lipinski definition) is 7. The minimum absolute atomic E-state index is 0.0607. The lowest BCUT2D eigenvalue weighted by atomic mass is 10.2. The highest BCUT2D eigenvalue weighted by atomic mass is 35.5. The number of amides is 1. The van der Waals surface area contributed by atoms with Gasteiger partial charge in [-0.2, -0.15) is 0 Å². The molecule has 0 radical (unpaired) electrons. The zero-order chi connectivity index (χ0) is 21.1. The third-order valence-corrected chi connectivity index (χ3v) is 5.73. The van der Waals surface area contributed by atoms with Gasteiger partial charge >= 0.3 is 0 Å². The van der Waals surface area contributed by atoms with E-state index in [4.69, 9.17) is 25.8 Å². The van der Waals surface area contributed by atoms with Crippen molar-refractivity contribution in [2.75, 3.05) is 33.6 Å². The molecule has 0 unspecified atom stereocenters. The Balaban J connectivity index is 1.40. The normalized spacial score (nSPS) is 16.8. The highest BCUT2D eigenvalue weighted by molar-refractivity contribution is 6.31. The first kappa shape index (κ1) is 20.9. The molecule has 10 heteroatoms. The molecule has 2 aromatic rings. The maximum atomic E-state index is 12.0. The minimum atomic E-state index is -0.217. The summed E-state index contributed by atoms with van der Waals surface area (Å²) in [5, 5.41) is 12.3. The van der Waals surface area contributed by atoms with Crippen LogP contribution in [0.15, 0.2) is 12.1 Å². The lowest BCUT2D eigenvalue weighted by Crippen LogP contribution is -2.30. The summed E-state index contributed by atoms with van der Waals surface area (Å²) in [7, 11) is 1.58. The molecule has 4 rings (SSSR count). The maximum absolute atomic E-state index is 12.0. The van der Waals surface area contributed by atoms with E-state index in [0.717, 1.165) is 49.0 Å². The fourth-order valence-electron chi connectivity index (χ4n) is 3.76. The number of carbonyl (C=O) groups excluding carboxylic acids is 1. The van der Waals surface area contributed by atoms with E-state index in [1.54, 1.807) is 7.11 Å². The molecule has 0 saturated heterocycles. The second-order valence-corrected chi connectivity index (χ2v) is 7.89. The monoisotopic (exact) mass is 435 g/mol. The molecule has 1 N–H and O–H groups in total. The van der Waals surface area contributed by atoms with E-state index in [1.807, 2.05) is 19.1 Å². The number of halogens is 1. The number of hydrogen-bond donors (Lipinski definition) is 1. The van der Waals surface area contributed by atoms with Crippen LogP contribution in [0.2, 0.25) is 5.02 Å². The van der Waals surface area contributed by atoms with E-state index in [9.17, 15) is 4.79 Å². The summed E-state index contributed by atoms with van der Waals surface area (Å²) in [6.45, 7) is 5.69. The van der Waals surface area contributed by atoms with Crippen molar-refractivity contribution in [3.8, 4) is 11.5 Å². The first-order valence-electron chi connectivity index (χ1n) is 10.1. The van der Waals surface area contributed by atoms with Crippen LogP contribution < -0.4 is 14.8 Å². The number of benzene rings is 1. The van der Waals surface area contributed by atoms with Crippen molar-refractivity contribution < 1.29 is 19.0 Å². The van der Waals surface area contributed by atoms with Crippen LogP contribution in [0.25, 0.3) is 0 Å². The third-order valence-electron chi connectivity index (χ3n) is 5.38. The van der Waals surface area contributed by atoms with Crippen LogP contribution in [-0.2, 0) is 29.0 Å². The smallest absolute Gasteiger partial charge is 0.231 e. The van der Waals surface area contributed by atoms with Gasteiger partial charge in [-0.25, -0.2) is 0 Å². The van der Waals surface area contributed by atoms with Gasteiger partial charge in [0.15, 0.2) is 17.3 Å². The van der Waals surface area contributed by atoms with Crippen LogP contribution in [0.1, 0.15) is 36.6 Å². The number of carbonyl (C=O) groups is 1. The Morgan fingerprint density at radius 3 is 2.87 bits per heavy atom. The predicted molar refractivity (Wildman–Crippen MR) is 110 cm³/mol. The third kappa shape index (κ3) is 4.53. The summed E-state index contributed by atoms with van der Waals surface area (Å²) in [5.74, 6) is 3.08. The number of nitrogens with zero attached hydrogens (tertiary/aromatic N) is 4. The highest BCUT2D eigenvalue weighted by Crippen LogP contribution is 2.37. The van der Waals surface area contributed by atoms with Crippen LogP contribution in [0.3, 0.4) is 0 Å². The van der Waals surface area contributed by atoms with Crippen LogP contribution in [0, 0.1) is 0 Å². The van der Waals surface area contributed by atoms with E-state index in [1.165, 1.54) is 0 Å². The van der Waals surface area contributed by atoms with Gasteiger partial charge in [0, 0.05) is 57.2 Å². The Kier molecular flexibility index (Phi) is 6.40. The van der Waals surface area contributed by atoms with Gasteiger partial charge in [0.05, 0.1) is 12.6 Å². The summed E-state index contributed by atoms with van der Waals surface area (Å²) in [6.07, 6.45) is 1.10. The van der Waals surface area contributed by atoms with Gasteiger partial charge in [0.1, 0.15) is 5.82 Å². The average molecular weight is 436 g/mol. The summed E-state index contributed by atoms with van der Waals surface area (Å²) >= 11 is 6.45. The molecule has 1 aromatic carbocycles. The maximum Gasteiger partial charge on any atom is 0.231 e. The number of ether oxygens (including phenoxy) is 3. The molecule has 30 heavy (non-hydrogen) atoms. The van der Waals surface area contributed by atoms with E-state index in [-0.39, 0.29) is 18.7 Å². The Hall–Kier alpha value is -2.36. The Morgan fingerprint density at radius 2 is 2.07 bits per heavy atom. The molecule has 2 aliphatic heterocycles. The quantitative estimate of drug-likeness (QED) is 0.710. The number of fused-ring (bicyclic) bond motifs is 2. The molecule has 0 fully saturated rings. The number of rotatable bonds is 7. The minimum Gasteiger partial charge on any atom is -0.454 e. The molecule has 0 saturated carbocycles. The first-order chi connectivity index (χ1) is 14.5. The molecule has 1 amide bonds. The van der Waals surface area contributed by atoms with Crippen LogP contribution in [0.4, 0.5) is 0 Å². The lowest BCUT2D eigenvalue weighted by Gasteiger charge is -2.21. The average Bonchev–Trinajstić information content (AvgIpc) is 3.29. The van der Waals surface area contributed by atoms with Gasteiger partial charge in [-0.05, 0) is 18.6 Å². The molecule has 0 bridgehead atoms. The molecular weight excluding hydrogens is 410 g/mol. The van der Waals surface area contributed by atoms with Gasteiger partial charge in [-0.1, -0.05) is 11.6 Å². The zero-order valence-corrected chi connectivity index (χ0v) is 17.9. The molecule has 0 spiro atoms. The first-order valence-corrected chi connectivity index (χ1v) is 10.4. The largest absolute Gasteiger partial charge is 0.454 e. The summed E-state index contributed by atoms with van der Waals surface area (Å²) < 4.78 is 17.9. The summed E-state index contributed by atoms with van der Waals surface area (Å²) in [6, 6.07) is 3.56. The van der Waals surface area contributed by atoms with Crippen molar-refractivity contribution in [2.24, 2.45) is 0 Å². The van der Waals surface area contributed by atoms with Crippen LogP contribution >= 0.6 is 11.6 Å². The van der Waals surface area contributed by atoms with E-state index in [2.05, 4.69) is 25.0 Å². The van der Waals surface area contributed by atoms with Crippen molar-refractivity contribution >= 4 is 17.5 Å². The predicted octanol–water partition coefficient (Wildman–Crippen LogP) is 1.93. The lowest BCUT2D eigenvalue weighted by molar-refractivity contribution is -0.122. The Labute approximate surface area is 180 Å². The molecule has 2 aliphatic rings. The second-order valence-electron chi connectivity index (χ2n) is 7.48. The zero-order valence-electron chi connectivity index (χ0n) is 17.2. The van der Waals surface area contributed by atoms with Crippen LogP contribution in [0.5, 0.6) is 11.5 Å². The van der Waals surface area contributed by atoms with Gasteiger partial charge in [-0.15, -0.1) is 10.2 Å². The Morgan fingerprint density at radius 1 is 1.27 bits per heavy atom. The highest BCUT2D eigenvalue weighted by Gasteiger charge is 2.24. The summed E-state index contributed by atoms with van der Waals surface area (Å²) in [4.78, 5) is 14.4. The van der Waals surface area contributed by atoms with Gasteiger partial charge in [0.25, 0.3) is 0 Å². The summed E-state index contributed by atoms with van der Waals surface area (Å²) in [5.41, 5.74) is 1.01. The number of nitrogens with one attached hydrogen (secondary N) is 1. The molecule has 1 aromatic heterocycles. The second kappa shape index (κ2) is 9.20. The topological polar surface area (TPSA) is 90.7 Å². The van der Waals surface area contributed by atoms with Crippen molar-refractivity contribution in [1.29, 1.82) is 0 Å². The molecule has 1 atom stereocenters. The number of methoxy groups -OCH3 is 1. The van der Waals surface area contributed by atoms with E-state index >= 15 is 0 Å². The molecule has 3 heterocycles. The SMILES string of the molecule is COCCC(=O)N[C@@H](C)c1nnc2n1CCN(Cc1cc3c(cc1Cl)OCO3)CC2.